The molecule has 0 aromatic heterocycles. The van der Waals surface area contributed by atoms with Gasteiger partial charge in [0.05, 0.1) is 18.0 Å². The van der Waals surface area contributed by atoms with E-state index in [1.807, 2.05) is 4.90 Å². The van der Waals surface area contributed by atoms with Gasteiger partial charge >= 0.3 is 16.4 Å². The van der Waals surface area contributed by atoms with Gasteiger partial charge in [0.15, 0.2) is 0 Å². The van der Waals surface area contributed by atoms with Crippen LogP contribution in [0.15, 0.2) is 39.2 Å². The minimum Gasteiger partial charge on any atom is -0.378 e. The Kier molecular flexibility index (Phi) is 9.03. The number of thioether (sulfide) groups is 1. The summed E-state index contributed by atoms with van der Waals surface area (Å²) >= 11 is 7.60. The van der Waals surface area contributed by atoms with Crippen LogP contribution < -0.4 is 4.72 Å². The summed E-state index contributed by atoms with van der Waals surface area (Å²) in [6.07, 6.45) is 0.00264. The first kappa shape index (κ1) is 29.6. The van der Waals surface area contributed by atoms with Crippen LogP contribution in [0.2, 0.25) is 5.02 Å². The Labute approximate surface area is 241 Å². The van der Waals surface area contributed by atoms with E-state index in [2.05, 4.69) is 19.6 Å². The van der Waals surface area contributed by atoms with E-state index in [0.29, 0.717) is 61.4 Å². The van der Waals surface area contributed by atoms with Crippen LogP contribution in [0.4, 0.5) is 18.9 Å². The Morgan fingerprint density at radius 2 is 1.85 bits per heavy atom. The predicted molar refractivity (Wildman–Crippen MR) is 152 cm³/mol. The van der Waals surface area contributed by atoms with Gasteiger partial charge in [0.2, 0.25) is 0 Å². The highest BCUT2D eigenvalue weighted by Crippen LogP contribution is 2.44. The predicted octanol–water partition coefficient (Wildman–Crippen LogP) is 3.93. The van der Waals surface area contributed by atoms with Crippen LogP contribution in [0.3, 0.4) is 0 Å². The zero-order chi connectivity index (χ0) is 28.5. The number of aliphatic hydroxyl groups excluding tert-OH is 1. The lowest BCUT2D eigenvalue weighted by molar-refractivity contribution is -0.125. The SMILES string of the molecule is O=S(=O)(Nc1ccc(CC(O)N2CCN(C3=NC=NC4SC(CC(F)(F)F)=CC34)CC2)c(Cl)c1)N1CCCCC1. The molecule has 2 fully saturated rings. The van der Waals surface area contributed by atoms with Crippen molar-refractivity contribution in [3.05, 3.63) is 39.8 Å². The molecule has 1 aromatic carbocycles. The smallest absolute Gasteiger partial charge is 0.378 e. The molecule has 4 aliphatic heterocycles. The van der Waals surface area contributed by atoms with Crippen molar-refractivity contribution in [1.29, 1.82) is 0 Å². The van der Waals surface area contributed by atoms with Gasteiger partial charge in [-0.1, -0.05) is 30.2 Å². The van der Waals surface area contributed by atoms with Gasteiger partial charge in [0.1, 0.15) is 23.8 Å². The zero-order valence-corrected chi connectivity index (χ0v) is 24.1. The molecule has 0 amide bonds. The number of alkyl halides is 3. The average molecular weight is 621 g/mol. The minimum atomic E-state index is -4.26. The number of hydrogen-bond donors (Lipinski definition) is 2. The Hall–Kier alpha value is -1.84. The van der Waals surface area contributed by atoms with E-state index >= 15 is 0 Å². The highest BCUT2D eigenvalue weighted by molar-refractivity contribution is 8.04. The van der Waals surface area contributed by atoms with Crippen LogP contribution in [0.5, 0.6) is 0 Å². The van der Waals surface area contributed by atoms with Crippen molar-refractivity contribution >= 4 is 51.4 Å². The summed E-state index contributed by atoms with van der Waals surface area (Å²) in [5, 5.41) is 11.0. The van der Waals surface area contributed by atoms with Crippen LogP contribution in [-0.2, 0) is 16.6 Å². The molecule has 15 heteroatoms. The Bertz CT molecular complexity index is 1280. The van der Waals surface area contributed by atoms with E-state index in [0.717, 1.165) is 31.0 Å². The van der Waals surface area contributed by atoms with Gasteiger partial charge in [-0.2, -0.15) is 25.9 Å². The Morgan fingerprint density at radius 3 is 2.52 bits per heavy atom. The van der Waals surface area contributed by atoms with E-state index in [1.54, 1.807) is 24.3 Å². The zero-order valence-electron chi connectivity index (χ0n) is 21.7. The number of rotatable bonds is 7. The number of fused-ring (bicyclic) bond motifs is 1. The maximum Gasteiger partial charge on any atom is 0.393 e. The fourth-order valence-electron chi connectivity index (χ4n) is 5.38. The molecule has 0 bridgehead atoms. The van der Waals surface area contributed by atoms with Crippen LogP contribution in [0.25, 0.3) is 0 Å². The molecule has 40 heavy (non-hydrogen) atoms. The average Bonchev–Trinajstić information content (AvgIpc) is 3.31. The summed E-state index contributed by atoms with van der Waals surface area (Å²) in [5.74, 6) is 0.415. The summed E-state index contributed by atoms with van der Waals surface area (Å²) in [6.45, 7) is 3.18. The molecular weight excluding hydrogens is 589 g/mol. The number of piperazine rings is 1. The third kappa shape index (κ3) is 7.13. The summed E-state index contributed by atoms with van der Waals surface area (Å²) in [4.78, 5) is 12.9. The minimum absolute atomic E-state index is 0.260. The molecule has 3 unspecified atom stereocenters. The molecule has 0 spiro atoms. The van der Waals surface area contributed by atoms with Crippen molar-refractivity contribution in [3.8, 4) is 0 Å². The number of anilines is 1. The molecule has 220 valence electrons. The Balaban J connectivity index is 1.15. The fraction of sp³-hybridized carbons (Fsp3) is 0.600. The van der Waals surface area contributed by atoms with Crippen molar-refractivity contribution in [2.45, 2.75) is 49.9 Å². The highest BCUT2D eigenvalue weighted by Gasteiger charge is 2.40. The molecule has 0 radical (unpaired) electrons. The molecule has 2 saturated heterocycles. The maximum absolute atomic E-state index is 12.9. The normalized spacial score (nSPS) is 25.4. The number of hydrogen-bond acceptors (Lipinski definition) is 8. The van der Waals surface area contributed by atoms with Crippen LogP contribution >= 0.6 is 23.4 Å². The van der Waals surface area contributed by atoms with E-state index in [-0.39, 0.29) is 22.6 Å². The molecule has 0 saturated carbocycles. The summed E-state index contributed by atoms with van der Waals surface area (Å²) in [6, 6.07) is 4.92. The van der Waals surface area contributed by atoms with Gasteiger partial charge in [-0.15, -0.1) is 11.8 Å². The van der Waals surface area contributed by atoms with Crippen molar-refractivity contribution in [2.75, 3.05) is 44.0 Å². The number of nitrogens with zero attached hydrogens (tertiary/aromatic N) is 5. The molecule has 0 aliphatic carbocycles. The van der Waals surface area contributed by atoms with Crippen LogP contribution in [0.1, 0.15) is 31.2 Å². The summed E-state index contributed by atoms with van der Waals surface area (Å²) < 4.78 is 68.0. The second-order valence-electron chi connectivity index (χ2n) is 10.3. The highest BCUT2D eigenvalue weighted by atomic mass is 35.5. The molecule has 2 N–H and O–H groups in total. The molecule has 4 aliphatic rings. The standard InChI is InChI=1S/C25H32ClF3N6O3S2/c26-21-13-18(32-40(37,38)35-6-2-1-3-7-35)5-4-17(21)12-22(36)33-8-10-34(11-9-33)23-20-14-19(15-25(27,28)29)39-24(20)31-16-30-23/h4-5,13-14,16,20,22,24,32,36H,1-3,6-12,15H2. The summed E-state index contributed by atoms with van der Waals surface area (Å²) in [7, 11) is -3.65. The lowest BCUT2D eigenvalue weighted by Gasteiger charge is -2.40. The van der Waals surface area contributed by atoms with Gasteiger partial charge in [0, 0.05) is 50.7 Å². The number of piperidine rings is 1. The van der Waals surface area contributed by atoms with Crippen molar-refractivity contribution in [2.24, 2.45) is 15.9 Å². The van der Waals surface area contributed by atoms with Crippen LogP contribution in [0, 0.1) is 5.92 Å². The monoisotopic (exact) mass is 620 g/mol. The molecule has 3 atom stereocenters. The topological polar surface area (TPSA) is 101 Å². The molecule has 9 nitrogen and oxygen atoms in total. The van der Waals surface area contributed by atoms with Gasteiger partial charge in [0.25, 0.3) is 0 Å². The number of aliphatic hydroxyl groups is 1. The second kappa shape index (κ2) is 12.2. The number of amidine groups is 1. The quantitative estimate of drug-likeness (QED) is 0.479. The first-order valence-corrected chi connectivity index (χ1v) is 16.0. The number of halogens is 4. The number of nitrogens with one attached hydrogen (secondary N) is 1. The van der Waals surface area contributed by atoms with Gasteiger partial charge in [-0.3, -0.25) is 14.6 Å². The van der Waals surface area contributed by atoms with Gasteiger partial charge in [-0.25, -0.2) is 4.99 Å². The van der Waals surface area contributed by atoms with Crippen molar-refractivity contribution in [1.82, 2.24) is 14.1 Å². The lowest BCUT2D eigenvalue weighted by Crippen LogP contribution is -2.54. The van der Waals surface area contributed by atoms with Crippen molar-refractivity contribution < 1.29 is 26.7 Å². The number of allylic oxidation sites excluding steroid dienone is 1. The van der Waals surface area contributed by atoms with Crippen molar-refractivity contribution in [3.63, 3.8) is 0 Å². The molecular formula is C25H32ClF3N6O3S2. The van der Waals surface area contributed by atoms with Gasteiger partial charge in [-0.05, 0) is 35.4 Å². The van der Waals surface area contributed by atoms with E-state index in [1.165, 1.54) is 10.6 Å². The largest absolute Gasteiger partial charge is 0.393 e. The van der Waals surface area contributed by atoms with Gasteiger partial charge < -0.3 is 10.0 Å². The van der Waals surface area contributed by atoms with Crippen LogP contribution in [-0.4, -0.2) is 96.9 Å². The molecule has 5 rings (SSSR count). The fourth-order valence-corrected chi connectivity index (χ4v) is 8.18. The van der Waals surface area contributed by atoms with E-state index in [4.69, 9.17) is 11.6 Å². The molecule has 4 heterocycles. The number of benzene rings is 1. The number of aliphatic imine (C=N–C) groups is 2. The maximum atomic E-state index is 12.9. The summed E-state index contributed by atoms with van der Waals surface area (Å²) in [5.41, 5.74) is 1.06. The third-order valence-electron chi connectivity index (χ3n) is 7.44. The third-order valence-corrected chi connectivity index (χ3v) is 10.6. The first-order chi connectivity index (χ1) is 19.0. The molecule has 1 aromatic rings. The van der Waals surface area contributed by atoms with E-state index in [9.17, 15) is 26.7 Å². The first-order valence-electron chi connectivity index (χ1n) is 13.3. The lowest BCUT2D eigenvalue weighted by atomic mass is 10.0. The second-order valence-corrected chi connectivity index (χ2v) is 13.6. The van der Waals surface area contributed by atoms with E-state index < -0.39 is 29.0 Å². The Morgan fingerprint density at radius 1 is 1.12 bits per heavy atom.